The van der Waals surface area contributed by atoms with Gasteiger partial charge in [0.05, 0.1) is 0 Å². The van der Waals surface area contributed by atoms with E-state index in [9.17, 15) is 0 Å². The van der Waals surface area contributed by atoms with Crippen LogP contribution in [-0.2, 0) is 0 Å². The van der Waals surface area contributed by atoms with Crippen LogP contribution in [0.5, 0.6) is 0 Å². The lowest BCUT2D eigenvalue weighted by Gasteiger charge is -2.12. The molecular formula is C12H14N6. The van der Waals surface area contributed by atoms with Gasteiger partial charge < -0.3 is 16.0 Å². The molecule has 1 aromatic carbocycles. The number of anilines is 4. The van der Waals surface area contributed by atoms with Crippen LogP contribution in [0.2, 0.25) is 0 Å². The Morgan fingerprint density at radius 2 is 2.00 bits per heavy atom. The zero-order chi connectivity index (χ0) is 13.1. The van der Waals surface area contributed by atoms with Crippen LogP contribution in [0, 0.1) is 11.3 Å². The van der Waals surface area contributed by atoms with Crippen LogP contribution in [0.1, 0.15) is 5.56 Å². The van der Waals surface area contributed by atoms with Crippen LogP contribution >= 0.6 is 0 Å². The Labute approximate surface area is 105 Å². The van der Waals surface area contributed by atoms with Gasteiger partial charge in [0.2, 0.25) is 0 Å². The molecule has 2 aromatic rings. The smallest absolute Gasteiger partial charge is 0.172 e. The van der Waals surface area contributed by atoms with Crippen LogP contribution in [-0.4, -0.2) is 24.3 Å². The van der Waals surface area contributed by atoms with Gasteiger partial charge in [-0.15, -0.1) is 0 Å². The van der Waals surface area contributed by atoms with Gasteiger partial charge in [0.1, 0.15) is 17.5 Å². The molecule has 0 saturated carbocycles. The largest absolute Gasteiger partial charge is 0.383 e. The summed E-state index contributed by atoms with van der Waals surface area (Å²) < 4.78 is 0. The number of hydrogen-bond acceptors (Lipinski definition) is 5. The Bertz CT molecular complexity index is 576. The molecule has 0 atom stereocenters. The van der Waals surface area contributed by atoms with Gasteiger partial charge in [-0.3, -0.25) is 5.10 Å². The van der Waals surface area contributed by atoms with Gasteiger partial charge in [0.15, 0.2) is 5.82 Å². The van der Waals surface area contributed by atoms with E-state index in [1.165, 1.54) is 0 Å². The SMILES string of the molecule is CN(C)c1ccc(Nc2n[nH]c(N)c2C#N)cc1. The van der Waals surface area contributed by atoms with Gasteiger partial charge in [-0.1, -0.05) is 0 Å². The summed E-state index contributed by atoms with van der Waals surface area (Å²) in [6.45, 7) is 0. The number of nitriles is 1. The molecule has 92 valence electrons. The number of aromatic nitrogens is 2. The van der Waals surface area contributed by atoms with E-state index in [4.69, 9.17) is 11.0 Å². The Morgan fingerprint density at radius 1 is 1.33 bits per heavy atom. The van der Waals surface area contributed by atoms with Gasteiger partial charge in [0.25, 0.3) is 0 Å². The van der Waals surface area contributed by atoms with Crippen molar-refractivity contribution >= 4 is 23.0 Å². The second-order valence-electron chi connectivity index (χ2n) is 4.04. The molecule has 2 rings (SSSR count). The Hall–Kier alpha value is -2.68. The molecular weight excluding hydrogens is 228 g/mol. The zero-order valence-electron chi connectivity index (χ0n) is 10.2. The summed E-state index contributed by atoms with van der Waals surface area (Å²) >= 11 is 0. The highest BCUT2D eigenvalue weighted by molar-refractivity contribution is 5.69. The summed E-state index contributed by atoms with van der Waals surface area (Å²) in [5, 5.41) is 18.5. The fourth-order valence-corrected chi connectivity index (χ4v) is 1.54. The number of nitrogens with two attached hydrogens (primary N) is 1. The quantitative estimate of drug-likeness (QED) is 0.761. The molecule has 4 N–H and O–H groups in total. The summed E-state index contributed by atoms with van der Waals surface area (Å²) in [6.07, 6.45) is 0. The molecule has 6 nitrogen and oxygen atoms in total. The second kappa shape index (κ2) is 4.67. The summed E-state index contributed by atoms with van der Waals surface area (Å²) in [7, 11) is 3.95. The van der Waals surface area contributed by atoms with Crippen molar-refractivity contribution in [2.45, 2.75) is 0 Å². The van der Waals surface area contributed by atoms with Crippen LogP contribution in [0.25, 0.3) is 0 Å². The molecule has 0 fully saturated rings. The van der Waals surface area contributed by atoms with Gasteiger partial charge >= 0.3 is 0 Å². The molecule has 6 heteroatoms. The maximum Gasteiger partial charge on any atom is 0.172 e. The van der Waals surface area contributed by atoms with Crippen LogP contribution < -0.4 is 16.0 Å². The molecule has 0 bridgehead atoms. The number of nitrogens with one attached hydrogen (secondary N) is 2. The van der Waals surface area contributed by atoms with E-state index in [0.717, 1.165) is 11.4 Å². The number of H-pyrrole nitrogens is 1. The second-order valence-corrected chi connectivity index (χ2v) is 4.04. The van der Waals surface area contributed by atoms with Crippen molar-refractivity contribution in [3.8, 4) is 6.07 Å². The van der Waals surface area contributed by atoms with Gasteiger partial charge in [-0.2, -0.15) is 10.4 Å². The number of nitrogen functional groups attached to an aromatic ring is 1. The van der Waals surface area contributed by atoms with Crippen molar-refractivity contribution in [1.82, 2.24) is 10.2 Å². The lowest BCUT2D eigenvalue weighted by Crippen LogP contribution is -2.08. The standard InChI is InChI=1S/C12H14N6/c1-18(2)9-5-3-8(4-6-9)15-12-10(7-13)11(14)16-17-12/h3-6H,1-2H3,(H4,14,15,16,17). The van der Waals surface area contributed by atoms with E-state index in [-0.39, 0.29) is 5.82 Å². The zero-order valence-corrected chi connectivity index (χ0v) is 10.2. The number of rotatable bonds is 3. The third-order valence-corrected chi connectivity index (χ3v) is 2.55. The van der Waals surface area contributed by atoms with Crippen LogP contribution in [0.4, 0.5) is 23.0 Å². The highest BCUT2D eigenvalue weighted by atomic mass is 15.2. The normalized spacial score (nSPS) is 9.83. The van der Waals surface area contributed by atoms with Crippen LogP contribution in [0.15, 0.2) is 24.3 Å². The lowest BCUT2D eigenvalue weighted by atomic mass is 10.2. The van der Waals surface area contributed by atoms with E-state index in [1.54, 1.807) is 0 Å². The third kappa shape index (κ3) is 2.20. The van der Waals surface area contributed by atoms with E-state index in [2.05, 4.69) is 15.5 Å². The first-order valence-corrected chi connectivity index (χ1v) is 5.40. The van der Waals surface area contributed by atoms with Gasteiger partial charge in [-0.05, 0) is 24.3 Å². The molecule has 0 aliphatic rings. The molecule has 0 spiro atoms. The summed E-state index contributed by atoms with van der Waals surface area (Å²) in [5.41, 5.74) is 7.86. The molecule has 1 aromatic heterocycles. The average Bonchev–Trinajstić information content (AvgIpc) is 2.70. The third-order valence-electron chi connectivity index (χ3n) is 2.55. The predicted octanol–water partition coefficient (Wildman–Crippen LogP) is 1.67. The summed E-state index contributed by atoms with van der Waals surface area (Å²) in [6, 6.07) is 9.79. The van der Waals surface area contributed by atoms with Crippen molar-refractivity contribution < 1.29 is 0 Å². The molecule has 0 aliphatic carbocycles. The molecule has 0 amide bonds. The highest BCUT2D eigenvalue weighted by Crippen LogP contribution is 2.23. The topological polar surface area (TPSA) is 93.8 Å². The first-order valence-electron chi connectivity index (χ1n) is 5.40. The highest BCUT2D eigenvalue weighted by Gasteiger charge is 2.10. The minimum absolute atomic E-state index is 0.268. The monoisotopic (exact) mass is 242 g/mol. The number of aromatic amines is 1. The van der Waals surface area contributed by atoms with Crippen molar-refractivity contribution in [1.29, 1.82) is 5.26 Å². The number of benzene rings is 1. The van der Waals surface area contributed by atoms with Crippen molar-refractivity contribution in [2.24, 2.45) is 0 Å². The molecule has 0 saturated heterocycles. The van der Waals surface area contributed by atoms with E-state index < -0.39 is 0 Å². The first kappa shape index (κ1) is 11.8. The number of nitrogens with zero attached hydrogens (tertiary/aromatic N) is 3. The maximum absolute atomic E-state index is 8.95. The van der Waals surface area contributed by atoms with E-state index in [0.29, 0.717) is 11.4 Å². The van der Waals surface area contributed by atoms with Crippen LogP contribution in [0.3, 0.4) is 0 Å². The predicted molar refractivity (Wildman–Crippen MR) is 71.8 cm³/mol. The molecule has 0 radical (unpaired) electrons. The fraction of sp³-hybridized carbons (Fsp3) is 0.167. The van der Waals surface area contributed by atoms with Crippen molar-refractivity contribution in [3.05, 3.63) is 29.8 Å². The fourth-order valence-electron chi connectivity index (χ4n) is 1.54. The van der Waals surface area contributed by atoms with E-state index in [1.807, 2.05) is 49.3 Å². The minimum atomic E-state index is 0.268. The van der Waals surface area contributed by atoms with Crippen molar-refractivity contribution in [3.63, 3.8) is 0 Å². The van der Waals surface area contributed by atoms with Gasteiger partial charge in [-0.25, -0.2) is 0 Å². The van der Waals surface area contributed by atoms with Crippen molar-refractivity contribution in [2.75, 3.05) is 30.0 Å². The molecule has 0 unspecified atom stereocenters. The summed E-state index contributed by atoms with van der Waals surface area (Å²) in [5.74, 6) is 0.706. The minimum Gasteiger partial charge on any atom is -0.383 e. The Balaban J connectivity index is 2.21. The first-order chi connectivity index (χ1) is 8.61. The van der Waals surface area contributed by atoms with Gasteiger partial charge in [0, 0.05) is 25.5 Å². The molecule has 0 aliphatic heterocycles. The Kier molecular flexibility index (Phi) is 3.06. The Morgan fingerprint density at radius 3 is 2.56 bits per heavy atom. The maximum atomic E-state index is 8.95. The molecule has 1 heterocycles. The molecule has 18 heavy (non-hydrogen) atoms. The lowest BCUT2D eigenvalue weighted by molar-refractivity contribution is 1.10. The van der Waals surface area contributed by atoms with E-state index >= 15 is 0 Å². The average molecular weight is 242 g/mol. The summed E-state index contributed by atoms with van der Waals surface area (Å²) in [4.78, 5) is 2.01. The number of hydrogen-bond donors (Lipinski definition) is 3.